The molecule has 0 atom stereocenters. The zero-order valence-corrected chi connectivity index (χ0v) is 8.48. The molecule has 1 aliphatic heterocycles. The van der Waals surface area contributed by atoms with Crippen LogP contribution in [-0.4, -0.2) is 22.5 Å². The Hall–Kier alpha value is -1.61. The third-order valence-corrected chi connectivity index (χ3v) is 2.82. The fourth-order valence-electron chi connectivity index (χ4n) is 1.99. The Kier molecular flexibility index (Phi) is 2.03. The summed E-state index contributed by atoms with van der Waals surface area (Å²) in [6.07, 6.45) is 9.34. The maximum atomic E-state index is 4.24. The first-order valence-electron chi connectivity index (χ1n) is 5.26. The van der Waals surface area contributed by atoms with Gasteiger partial charge in [-0.15, -0.1) is 0 Å². The quantitative estimate of drug-likeness (QED) is 0.757. The van der Waals surface area contributed by atoms with Crippen molar-refractivity contribution in [3.05, 3.63) is 42.4 Å². The van der Waals surface area contributed by atoms with Crippen LogP contribution < -0.4 is 5.32 Å². The molecule has 0 bridgehead atoms. The molecule has 0 fully saturated rings. The number of fused-ring (bicyclic) bond motifs is 1. The molecule has 0 saturated carbocycles. The highest BCUT2D eigenvalue weighted by molar-refractivity contribution is 5.67. The van der Waals surface area contributed by atoms with E-state index in [2.05, 4.69) is 39.1 Å². The van der Waals surface area contributed by atoms with Crippen LogP contribution in [0.2, 0.25) is 0 Å². The van der Waals surface area contributed by atoms with Crippen molar-refractivity contribution in [2.24, 2.45) is 0 Å². The Bertz CT molecular complexity index is 510. The lowest BCUT2D eigenvalue weighted by atomic mass is 10.0. The molecule has 76 valence electrons. The van der Waals surface area contributed by atoms with Crippen LogP contribution in [0.15, 0.2) is 36.8 Å². The highest BCUT2D eigenvalue weighted by Crippen LogP contribution is 2.19. The molecular formula is C12H13N3. The average molecular weight is 199 g/mol. The van der Waals surface area contributed by atoms with Crippen LogP contribution in [0.1, 0.15) is 12.0 Å². The molecule has 0 saturated heterocycles. The van der Waals surface area contributed by atoms with E-state index in [-0.39, 0.29) is 0 Å². The van der Waals surface area contributed by atoms with E-state index in [1.165, 1.54) is 11.1 Å². The molecule has 0 radical (unpaired) electrons. The van der Waals surface area contributed by atoms with Gasteiger partial charge in [0.15, 0.2) is 0 Å². The second-order valence-electron chi connectivity index (χ2n) is 3.79. The number of rotatable bonds is 1. The second kappa shape index (κ2) is 3.51. The molecule has 2 aromatic rings. The van der Waals surface area contributed by atoms with Gasteiger partial charge in [-0.3, -0.25) is 0 Å². The van der Waals surface area contributed by atoms with Crippen LogP contribution in [-0.2, 0) is 0 Å². The lowest BCUT2D eigenvalue weighted by Gasteiger charge is -2.14. The number of hydrogen-bond acceptors (Lipinski definition) is 2. The van der Waals surface area contributed by atoms with E-state index in [0.29, 0.717) is 0 Å². The summed E-state index contributed by atoms with van der Waals surface area (Å²) in [5.74, 6) is 0. The SMILES string of the molecule is C1=C(c2ccc3nccn3c2)CCNC1. The van der Waals surface area contributed by atoms with Gasteiger partial charge in [0.2, 0.25) is 0 Å². The van der Waals surface area contributed by atoms with Crippen molar-refractivity contribution >= 4 is 11.2 Å². The monoisotopic (exact) mass is 199 g/mol. The van der Waals surface area contributed by atoms with E-state index in [9.17, 15) is 0 Å². The first-order valence-corrected chi connectivity index (χ1v) is 5.26. The molecule has 15 heavy (non-hydrogen) atoms. The lowest BCUT2D eigenvalue weighted by molar-refractivity contribution is 0.738. The van der Waals surface area contributed by atoms with Gasteiger partial charge in [-0.05, 0) is 36.2 Å². The fourth-order valence-corrected chi connectivity index (χ4v) is 1.99. The van der Waals surface area contributed by atoms with Gasteiger partial charge in [0.1, 0.15) is 5.65 Å². The first kappa shape index (κ1) is 8.68. The molecule has 0 spiro atoms. The normalized spacial score (nSPS) is 16.7. The van der Waals surface area contributed by atoms with Crippen LogP contribution in [0.25, 0.3) is 11.2 Å². The minimum atomic E-state index is 0.983. The van der Waals surface area contributed by atoms with Crippen molar-refractivity contribution in [1.82, 2.24) is 14.7 Å². The summed E-state index contributed by atoms with van der Waals surface area (Å²) in [7, 11) is 0. The van der Waals surface area contributed by atoms with Gasteiger partial charge in [-0.2, -0.15) is 0 Å². The number of imidazole rings is 1. The summed E-state index contributed by atoms with van der Waals surface area (Å²) in [5, 5.41) is 3.32. The Morgan fingerprint density at radius 3 is 3.20 bits per heavy atom. The maximum Gasteiger partial charge on any atom is 0.136 e. The minimum absolute atomic E-state index is 0.983. The standard InChI is InChI=1S/C12H13N3/c1-2-12-14-7-8-15(12)9-11(1)10-3-5-13-6-4-10/h1-3,7-9,13H,4-6H2. The van der Waals surface area contributed by atoms with E-state index < -0.39 is 0 Å². The summed E-state index contributed by atoms with van der Waals surface area (Å²) in [6, 6.07) is 4.22. The number of aromatic nitrogens is 2. The van der Waals surface area contributed by atoms with Gasteiger partial charge >= 0.3 is 0 Å². The molecule has 0 aromatic carbocycles. The van der Waals surface area contributed by atoms with Gasteiger partial charge in [-0.25, -0.2) is 4.98 Å². The minimum Gasteiger partial charge on any atom is -0.313 e. The van der Waals surface area contributed by atoms with Gasteiger partial charge in [-0.1, -0.05) is 6.08 Å². The number of pyridine rings is 1. The van der Waals surface area contributed by atoms with Crippen molar-refractivity contribution < 1.29 is 0 Å². The van der Waals surface area contributed by atoms with Crippen LogP contribution in [0.4, 0.5) is 0 Å². The van der Waals surface area contributed by atoms with Crippen molar-refractivity contribution in [2.75, 3.05) is 13.1 Å². The van der Waals surface area contributed by atoms with Gasteiger partial charge in [0.25, 0.3) is 0 Å². The third-order valence-electron chi connectivity index (χ3n) is 2.82. The fraction of sp³-hybridized carbons (Fsp3) is 0.250. The maximum absolute atomic E-state index is 4.24. The molecule has 1 N–H and O–H groups in total. The summed E-state index contributed by atoms with van der Waals surface area (Å²) in [6.45, 7) is 2.06. The largest absolute Gasteiger partial charge is 0.313 e. The van der Waals surface area contributed by atoms with Crippen molar-refractivity contribution in [3.63, 3.8) is 0 Å². The van der Waals surface area contributed by atoms with E-state index >= 15 is 0 Å². The Morgan fingerprint density at radius 2 is 2.33 bits per heavy atom. The van der Waals surface area contributed by atoms with Crippen molar-refractivity contribution in [2.45, 2.75) is 6.42 Å². The molecule has 3 heteroatoms. The Morgan fingerprint density at radius 1 is 1.33 bits per heavy atom. The van der Waals surface area contributed by atoms with Gasteiger partial charge < -0.3 is 9.72 Å². The summed E-state index contributed by atoms with van der Waals surface area (Å²) in [5.41, 5.74) is 3.75. The van der Waals surface area contributed by atoms with Crippen molar-refractivity contribution in [1.29, 1.82) is 0 Å². The van der Waals surface area contributed by atoms with Gasteiger partial charge in [0.05, 0.1) is 0 Å². The van der Waals surface area contributed by atoms with Crippen LogP contribution in [0.3, 0.4) is 0 Å². The molecule has 3 rings (SSSR count). The zero-order valence-electron chi connectivity index (χ0n) is 8.48. The summed E-state index contributed by atoms with van der Waals surface area (Å²) >= 11 is 0. The number of nitrogens with zero attached hydrogens (tertiary/aromatic N) is 2. The highest BCUT2D eigenvalue weighted by Gasteiger charge is 2.06. The summed E-state index contributed by atoms with van der Waals surface area (Å²) < 4.78 is 2.07. The van der Waals surface area contributed by atoms with E-state index in [1.54, 1.807) is 0 Å². The Balaban J connectivity index is 2.06. The van der Waals surface area contributed by atoms with E-state index in [4.69, 9.17) is 0 Å². The predicted molar refractivity (Wildman–Crippen MR) is 60.7 cm³/mol. The first-order chi connectivity index (χ1) is 7.43. The topological polar surface area (TPSA) is 29.3 Å². The van der Waals surface area contributed by atoms with Crippen LogP contribution >= 0.6 is 0 Å². The average Bonchev–Trinajstić information content (AvgIpc) is 2.77. The summed E-state index contributed by atoms with van der Waals surface area (Å²) in [4.78, 5) is 4.24. The number of nitrogens with one attached hydrogen (secondary N) is 1. The smallest absolute Gasteiger partial charge is 0.136 e. The second-order valence-corrected chi connectivity index (χ2v) is 3.79. The lowest BCUT2D eigenvalue weighted by Crippen LogP contribution is -2.20. The van der Waals surface area contributed by atoms with Crippen LogP contribution in [0, 0.1) is 0 Å². The molecule has 3 heterocycles. The molecule has 3 nitrogen and oxygen atoms in total. The molecule has 1 aliphatic rings. The molecule has 0 aliphatic carbocycles. The Labute approximate surface area is 88.4 Å². The van der Waals surface area contributed by atoms with Crippen molar-refractivity contribution in [3.8, 4) is 0 Å². The van der Waals surface area contributed by atoms with E-state index in [1.807, 2.05) is 12.4 Å². The van der Waals surface area contributed by atoms with Crippen LogP contribution in [0.5, 0.6) is 0 Å². The highest BCUT2D eigenvalue weighted by atomic mass is 15.0. The number of hydrogen-bond donors (Lipinski definition) is 1. The third kappa shape index (κ3) is 1.55. The molecule has 0 unspecified atom stereocenters. The predicted octanol–water partition coefficient (Wildman–Crippen LogP) is 1.71. The molecule has 2 aromatic heterocycles. The zero-order chi connectivity index (χ0) is 10.1. The van der Waals surface area contributed by atoms with Gasteiger partial charge in [0, 0.05) is 25.1 Å². The molecule has 0 amide bonds. The van der Waals surface area contributed by atoms with E-state index in [0.717, 1.165) is 25.2 Å². The molecular weight excluding hydrogens is 186 g/mol.